The van der Waals surface area contributed by atoms with Crippen molar-refractivity contribution in [1.29, 1.82) is 0 Å². The number of ether oxygens (including phenoxy) is 2. The van der Waals surface area contributed by atoms with Crippen molar-refractivity contribution >= 4 is 34.1 Å². The molecule has 0 spiro atoms. The van der Waals surface area contributed by atoms with Crippen LogP contribution < -0.4 is 14.8 Å². The number of fused-ring (bicyclic) bond motifs is 1. The molecule has 1 aliphatic rings. The van der Waals surface area contributed by atoms with Crippen molar-refractivity contribution in [3.05, 3.63) is 53.2 Å². The van der Waals surface area contributed by atoms with Crippen molar-refractivity contribution < 1.29 is 14.3 Å². The topological polar surface area (TPSA) is 63.4 Å². The molecule has 1 saturated carbocycles. The zero-order valence-corrected chi connectivity index (χ0v) is 15.3. The van der Waals surface area contributed by atoms with Gasteiger partial charge in [0.05, 0.1) is 25.3 Å². The Labute approximate surface area is 156 Å². The van der Waals surface area contributed by atoms with E-state index in [0.29, 0.717) is 16.5 Å². The molecule has 1 aromatic heterocycles. The molecule has 0 aliphatic heterocycles. The standard InChI is InChI=1S/C20H19ClN2O3/c1-25-13-4-5-16-14(10-13)15(11-22-16)20(7-8-20)19(24)23-17-9-12(21)3-6-18(17)26-2/h3-6,9-11,22H,7-8H2,1-2H3,(H,23,24). The number of amides is 1. The second kappa shape index (κ2) is 6.25. The van der Waals surface area contributed by atoms with Crippen LogP contribution in [0.1, 0.15) is 18.4 Å². The molecule has 2 N–H and O–H groups in total. The Kier molecular flexibility index (Phi) is 4.04. The van der Waals surface area contributed by atoms with Crippen LogP contribution in [0, 0.1) is 0 Å². The second-order valence-corrected chi connectivity index (χ2v) is 6.93. The first kappa shape index (κ1) is 16.8. The summed E-state index contributed by atoms with van der Waals surface area (Å²) < 4.78 is 10.7. The number of rotatable bonds is 5. The first-order valence-electron chi connectivity index (χ1n) is 8.38. The monoisotopic (exact) mass is 370 g/mol. The van der Waals surface area contributed by atoms with Crippen LogP contribution in [0.3, 0.4) is 0 Å². The van der Waals surface area contributed by atoms with Crippen LogP contribution in [-0.4, -0.2) is 25.1 Å². The van der Waals surface area contributed by atoms with Gasteiger partial charge in [-0.3, -0.25) is 4.79 Å². The van der Waals surface area contributed by atoms with Crippen LogP contribution in [-0.2, 0) is 10.2 Å². The fourth-order valence-electron chi connectivity index (χ4n) is 3.39. The van der Waals surface area contributed by atoms with E-state index in [4.69, 9.17) is 21.1 Å². The number of aromatic nitrogens is 1. The van der Waals surface area contributed by atoms with Gasteiger partial charge in [-0.1, -0.05) is 11.6 Å². The number of carbonyl (C=O) groups is 1. The summed E-state index contributed by atoms with van der Waals surface area (Å²) in [6.07, 6.45) is 3.52. The van der Waals surface area contributed by atoms with Crippen LogP contribution in [0.2, 0.25) is 5.02 Å². The molecule has 0 atom stereocenters. The van der Waals surface area contributed by atoms with Crippen molar-refractivity contribution in [2.75, 3.05) is 19.5 Å². The largest absolute Gasteiger partial charge is 0.497 e. The summed E-state index contributed by atoms with van der Waals surface area (Å²) in [5.74, 6) is 1.30. The molecular weight excluding hydrogens is 352 g/mol. The summed E-state index contributed by atoms with van der Waals surface area (Å²) in [6, 6.07) is 11.0. The second-order valence-electron chi connectivity index (χ2n) is 6.49. The average molecular weight is 371 g/mol. The quantitative estimate of drug-likeness (QED) is 0.694. The maximum Gasteiger partial charge on any atom is 0.235 e. The van der Waals surface area contributed by atoms with E-state index in [9.17, 15) is 4.79 Å². The van der Waals surface area contributed by atoms with Crippen LogP contribution in [0.15, 0.2) is 42.6 Å². The van der Waals surface area contributed by atoms with Crippen molar-refractivity contribution in [2.45, 2.75) is 18.3 Å². The van der Waals surface area contributed by atoms with E-state index >= 15 is 0 Å². The number of halogens is 1. The number of hydrogen-bond acceptors (Lipinski definition) is 3. The lowest BCUT2D eigenvalue weighted by atomic mass is 9.94. The van der Waals surface area contributed by atoms with Gasteiger partial charge in [-0.2, -0.15) is 0 Å². The molecule has 4 rings (SSSR count). The molecule has 1 aliphatic carbocycles. The summed E-state index contributed by atoms with van der Waals surface area (Å²) in [6.45, 7) is 0. The molecule has 3 aromatic rings. The number of anilines is 1. The number of hydrogen-bond donors (Lipinski definition) is 2. The fraction of sp³-hybridized carbons (Fsp3) is 0.250. The van der Waals surface area contributed by atoms with Gasteiger partial charge in [0.1, 0.15) is 11.5 Å². The van der Waals surface area contributed by atoms with Crippen LogP contribution in [0.25, 0.3) is 10.9 Å². The third kappa shape index (κ3) is 2.69. The molecule has 5 nitrogen and oxygen atoms in total. The fourth-order valence-corrected chi connectivity index (χ4v) is 3.56. The van der Waals surface area contributed by atoms with E-state index in [0.717, 1.165) is 35.1 Å². The first-order valence-corrected chi connectivity index (χ1v) is 8.76. The van der Waals surface area contributed by atoms with E-state index in [1.165, 1.54) is 0 Å². The Balaban J connectivity index is 1.70. The zero-order chi connectivity index (χ0) is 18.3. The number of aromatic amines is 1. The predicted molar refractivity (Wildman–Crippen MR) is 102 cm³/mol. The molecule has 0 radical (unpaired) electrons. The highest BCUT2D eigenvalue weighted by atomic mass is 35.5. The van der Waals surface area contributed by atoms with Crippen molar-refractivity contribution in [2.24, 2.45) is 0 Å². The van der Waals surface area contributed by atoms with Crippen LogP contribution in [0.4, 0.5) is 5.69 Å². The van der Waals surface area contributed by atoms with E-state index < -0.39 is 5.41 Å². The molecule has 0 saturated heterocycles. The zero-order valence-electron chi connectivity index (χ0n) is 14.6. The Morgan fingerprint density at radius 2 is 1.96 bits per heavy atom. The third-order valence-electron chi connectivity index (χ3n) is 5.00. The smallest absolute Gasteiger partial charge is 0.235 e. The van der Waals surface area contributed by atoms with Gasteiger partial charge in [0.25, 0.3) is 0 Å². The first-order chi connectivity index (χ1) is 12.6. The summed E-state index contributed by atoms with van der Waals surface area (Å²) in [4.78, 5) is 16.4. The van der Waals surface area contributed by atoms with Gasteiger partial charge in [-0.15, -0.1) is 0 Å². The molecular formula is C20H19ClN2O3. The molecule has 1 heterocycles. The normalized spacial score (nSPS) is 14.9. The van der Waals surface area contributed by atoms with Crippen molar-refractivity contribution in [1.82, 2.24) is 4.98 Å². The Hall–Kier alpha value is -2.66. The number of nitrogens with one attached hydrogen (secondary N) is 2. The Morgan fingerprint density at radius 3 is 2.65 bits per heavy atom. The maximum absolute atomic E-state index is 13.1. The van der Waals surface area contributed by atoms with Gasteiger partial charge >= 0.3 is 0 Å². The summed E-state index contributed by atoms with van der Waals surface area (Å²) in [5, 5.41) is 4.55. The minimum atomic E-state index is -0.544. The lowest BCUT2D eigenvalue weighted by Crippen LogP contribution is -2.27. The van der Waals surface area contributed by atoms with Gasteiger partial charge in [0.2, 0.25) is 5.91 Å². The highest BCUT2D eigenvalue weighted by Gasteiger charge is 2.52. The molecule has 26 heavy (non-hydrogen) atoms. The minimum Gasteiger partial charge on any atom is -0.497 e. The molecule has 1 fully saturated rings. The lowest BCUT2D eigenvalue weighted by molar-refractivity contribution is -0.118. The van der Waals surface area contributed by atoms with Gasteiger partial charge in [-0.05, 0) is 54.8 Å². The van der Waals surface area contributed by atoms with E-state index in [1.54, 1.807) is 32.4 Å². The SMILES string of the molecule is COc1ccc2[nH]cc(C3(C(=O)Nc4cc(Cl)ccc4OC)CC3)c2c1. The van der Waals surface area contributed by atoms with Crippen LogP contribution in [0.5, 0.6) is 11.5 Å². The van der Waals surface area contributed by atoms with E-state index in [1.807, 2.05) is 24.4 Å². The Bertz CT molecular complexity index is 992. The lowest BCUT2D eigenvalue weighted by Gasteiger charge is -2.17. The highest BCUT2D eigenvalue weighted by Crippen LogP contribution is 2.51. The Morgan fingerprint density at radius 1 is 1.15 bits per heavy atom. The molecule has 1 amide bonds. The van der Waals surface area contributed by atoms with Crippen molar-refractivity contribution in [3.8, 4) is 11.5 Å². The number of benzene rings is 2. The number of methoxy groups -OCH3 is 2. The van der Waals surface area contributed by atoms with Gasteiger partial charge in [0, 0.05) is 22.1 Å². The van der Waals surface area contributed by atoms with E-state index in [2.05, 4.69) is 10.3 Å². The predicted octanol–water partition coefficient (Wildman–Crippen LogP) is 4.51. The summed E-state index contributed by atoms with van der Waals surface area (Å²) in [5.41, 5.74) is 2.01. The van der Waals surface area contributed by atoms with Gasteiger partial charge in [0.15, 0.2) is 0 Å². The number of H-pyrrole nitrogens is 1. The summed E-state index contributed by atoms with van der Waals surface area (Å²) in [7, 11) is 3.20. The third-order valence-corrected chi connectivity index (χ3v) is 5.23. The molecule has 134 valence electrons. The van der Waals surface area contributed by atoms with Gasteiger partial charge < -0.3 is 19.8 Å². The maximum atomic E-state index is 13.1. The molecule has 6 heteroatoms. The average Bonchev–Trinajstić information content (AvgIpc) is 3.35. The van der Waals surface area contributed by atoms with Crippen molar-refractivity contribution in [3.63, 3.8) is 0 Å². The highest BCUT2D eigenvalue weighted by molar-refractivity contribution is 6.31. The molecule has 0 unspecified atom stereocenters. The molecule has 0 bridgehead atoms. The van der Waals surface area contributed by atoms with E-state index in [-0.39, 0.29) is 5.91 Å². The van der Waals surface area contributed by atoms with Crippen LogP contribution >= 0.6 is 11.6 Å². The minimum absolute atomic E-state index is 0.0539. The number of carbonyl (C=O) groups excluding carboxylic acids is 1. The summed E-state index contributed by atoms with van der Waals surface area (Å²) >= 11 is 6.07. The van der Waals surface area contributed by atoms with Gasteiger partial charge in [-0.25, -0.2) is 0 Å². The molecule has 2 aromatic carbocycles.